The molecule has 0 bridgehead atoms. The van der Waals surface area contributed by atoms with Crippen LogP contribution in [-0.2, 0) is 12.8 Å². The maximum atomic E-state index is 16.5. The van der Waals surface area contributed by atoms with Gasteiger partial charge in [-0.3, -0.25) is 0 Å². The molecule has 1 aromatic carbocycles. The Labute approximate surface area is 389 Å². The number of hydrogen-bond acceptors (Lipinski definition) is 3. The van der Waals surface area contributed by atoms with Crippen molar-refractivity contribution in [1.82, 2.24) is 8.75 Å². The van der Waals surface area contributed by atoms with Gasteiger partial charge in [-0.15, -0.1) is 0 Å². The fourth-order valence-corrected chi connectivity index (χ4v) is 14.2. The summed E-state index contributed by atoms with van der Waals surface area (Å²) in [5.74, 6) is -0.113. The van der Waals surface area contributed by atoms with Crippen LogP contribution in [0, 0.1) is 23.5 Å². The molecule has 0 N–H and O–H groups in total. The Bertz CT molecular complexity index is 1570. The van der Waals surface area contributed by atoms with E-state index in [1.54, 1.807) is 0 Å². The molecule has 2 nitrogen and oxygen atoms in total. The maximum absolute atomic E-state index is 16.5. The summed E-state index contributed by atoms with van der Waals surface area (Å²) in [6.45, 7) is 9.15. The van der Waals surface area contributed by atoms with Crippen LogP contribution in [0.1, 0.15) is 244 Å². The van der Waals surface area contributed by atoms with Crippen LogP contribution in [0.25, 0.3) is 31.0 Å². The molecular formula is C54H86F2N2SSe2. The molecule has 2 unspecified atom stereocenters. The molecule has 0 saturated heterocycles. The predicted octanol–water partition coefficient (Wildman–Crippen LogP) is 18.3. The second kappa shape index (κ2) is 32.5. The molecule has 4 rings (SSSR count). The molecule has 344 valence electrons. The van der Waals surface area contributed by atoms with E-state index in [0.717, 1.165) is 33.4 Å². The number of fused-ring (bicyclic) bond motifs is 1. The minimum absolute atomic E-state index is 0.0464. The Morgan fingerprint density at radius 3 is 1.00 bits per heavy atom. The predicted molar refractivity (Wildman–Crippen MR) is 267 cm³/mol. The Kier molecular flexibility index (Phi) is 28.0. The molecule has 7 heteroatoms. The molecule has 2 atom stereocenters. The molecule has 61 heavy (non-hydrogen) atoms. The van der Waals surface area contributed by atoms with E-state index in [4.69, 9.17) is 0 Å². The molecule has 4 aromatic rings. The van der Waals surface area contributed by atoms with Gasteiger partial charge in [0, 0.05) is 0 Å². The third-order valence-corrected chi connectivity index (χ3v) is 18.0. The number of aromatic nitrogens is 2. The summed E-state index contributed by atoms with van der Waals surface area (Å²) in [7, 11) is 0. The summed E-state index contributed by atoms with van der Waals surface area (Å²) in [4.78, 5) is 4.68. The van der Waals surface area contributed by atoms with Crippen molar-refractivity contribution in [3.8, 4) is 20.0 Å². The number of unbranched alkanes of at least 4 members (excludes halogenated alkanes) is 24. The standard InChI is InChI=1S/C54H86F2N2SSe2/c1-5-9-13-17-21-23-27-31-35-43(33-29-25-19-15-11-7-3)37-45-39-47(60-41-45)49-51(55)52(56)50(54-53(49)57-59-58-54)48-40-46(42-61-48)38-44(34-30-26-20-16-12-8-4)36-32-28-24-22-18-14-10-6-2/h39-44H,5-38H2,1-4H3. The van der Waals surface area contributed by atoms with Gasteiger partial charge in [0.1, 0.15) is 0 Å². The summed E-state index contributed by atoms with van der Waals surface area (Å²) in [5, 5.41) is 0. The van der Waals surface area contributed by atoms with E-state index in [2.05, 4.69) is 58.5 Å². The van der Waals surface area contributed by atoms with Gasteiger partial charge in [0.05, 0.1) is 0 Å². The van der Waals surface area contributed by atoms with E-state index in [-0.39, 0.29) is 29.0 Å². The average molecular weight is 991 g/mol. The van der Waals surface area contributed by atoms with Crippen LogP contribution in [-0.4, -0.2) is 37.8 Å². The Hall–Kier alpha value is -1.10. The molecule has 3 heterocycles. The van der Waals surface area contributed by atoms with Gasteiger partial charge in [0.25, 0.3) is 0 Å². The molecule has 0 fully saturated rings. The zero-order valence-corrected chi connectivity index (χ0v) is 43.6. The molecule has 0 saturated carbocycles. The van der Waals surface area contributed by atoms with E-state index < -0.39 is 11.6 Å². The van der Waals surface area contributed by atoms with E-state index in [9.17, 15) is 0 Å². The van der Waals surface area contributed by atoms with Crippen LogP contribution >= 0.6 is 11.7 Å². The Morgan fingerprint density at radius 1 is 0.426 bits per heavy atom. The third kappa shape index (κ3) is 19.5. The van der Waals surface area contributed by atoms with Gasteiger partial charge in [-0.2, -0.15) is 0 Å². The third-order valence-electron chi connectivity index (χ3n) is 13.3. The van der Waals surface area contributed by atoms with Crippen LogP contribution in [0.3, 0.4) is 0 Å². The SMILES string of the molecule is CCCCCCCCCCC(CCCCCCCC)Cc1c[se]c(-c2c(F)c(F)c(-c3cc(CC(CCCCCCCC)CCCCCCCCCC)c[se]3)c3nsnc23)c1. The summed E-state index contributed by atoms with van der Waals surface area (Å²) < 4.78 is 44.2. The minimum atomic E-state index is -0.721. The number of rotatable bonds is 38. The van der Waals surface area contributed by atoms with Gasteiger partial charge in [0.2, 0.25) is 0 Å². The van der Waals surface area contributed by atoms with Gasteiger partial charge in [-0.1, -0.05) is 26.7 Å². The van der Waals surface area contributed by atoms with Crippen molar-refractivity contribution >= 4 is 51.8 Å². The second-order valence-electron chi connectivity index (χ2n) is 18.8. The first-order chi connectivity index (χ1) is 30.0. The normalized spacial score (nSPS) is 12.9. The zero-order valence-electron chi connectivity index (χ0n) is 39.4. The molecular weight excluding hydrogens is 905 g/mol. The second-order valence-corrected chi connectivity index (χ2v) is 23.1. The molecule has 0 spiro atoms. The number of benzene rings is 1. The van der Waals surface area contributed by atoms with Crippen molar-refractivity contribution in [2.24, 2.45) is 11.8 Å². The van der Waals surface area contributed by atoms with Crippen molar-refractivity contribution in [3.05, 3.63) is 44.8 Å². The molecule has 0 aliphatic rings. The quantitative estimate of drug-likeness (QED) is 0.0330. The summed E-state index contributed by atoms with van der Waals surface area (Å²) >= 11 is 1.01. The van der Waals surface area contributed by atoms with Gasteiger partial charge in [-0.25, -0.2) is 0 Å². The van der Waals surface area contributed by atoms with E-state index in [1.807, 2.05) is 0 Å². The fraction of sp³-hybridized carbons (Fsp3) is 0.741. The average Bonchev–Trinajstić information content (AvgIpc) is 4.05. The fourth-order valence-electron chi connectivity index (χ4n) is 9.55. The number of halogens is 2. The first kappa shape index (κ1) is 52.5. The van der Waals surface area contributed by atoms with E-state index in [0.29, 0.717) is 34.0 Å². The zero-order chi connectivity index (χ0) is 43.3. The van der Waals surface area contributed by atoms with Crippen molar-refractivity contribution in [3.63, 3.8) is 0 Å². The van der Waals surface area contributed by atoms with Gasteiger partial charge >= 0.3 is 365 Å². The summed E-state index contributed by atoms with van der Waals surface area (Å²) in [6.07, 6.45) is 44.8. The van der Waals surface area contributed by atoms with Crippen LogP contribution < -0.4 is 0 Å². The Morgan fingerprint density at radius 2 is 0.705 bits per heavy atom. The molecule has 0 radical (unpaired) electrons. The van der Waals surface area contributed by atoms with Gasteiger partial charge in [-0.05, 0) is 0 Å². The van der Waals surface area contributed by atoms with E-state index >= 15 is 8.78 Å². The van der Waals surface area contributed by atoms with E-state index in [1.165, 1.54) is 217 Å². The molecule has 0 aliphatic heterocycles. The number of hydrogen-bond donors (Lipinski definition) is 0. The van der Waals surface area contributed by atoms with Crippen molar-refractivity contribution in [1.29, 1.82) is 0 Å². The first-order valence-corrected chi connectivity index (χ1v) is 30.2. The summed E-state index contributed by atoms with van der Waals surface area (Å²) in [6, 6.07) is 4.40. The molecule has 3 aromatic heterocycles. The van der Waals surface area contributed by atoms with Crippen LogP contribution in [0.4, 0.5) is 8.78 Å². The first-order valence-electron chi connectivity index (χ1n) is 25.8. The van der Waals surface area contributed by atoms with Gasteiger partial charge < -0.3 is 0 Å². The van der Waals surface area contributed by atoms with Crippen molar-refractivity contribution in [2.45, 2.75) is 246 Å². The van der Waals surface area contributed by atoms with Crippen molar-refractivity contribution in [2.75, 3.05) is 0 Å². The van der Waals surface area contributed by atoms with Crippen LogP contribution in [0.5, 0.6) is 0 Å². The molecule has 0 amide bonds. The van der Waals surface area contributed by atoms with Crippen LogP contribution in [0.15, 0.2) is 22.0 Å². The number of nitrogens with zero attached hydrogens (tertiary/aromatic N) is 2. The topological polar surface area (TPSA) is 25.8 Å². The Balaban J connectivity index is 1.43. The van der Waals surface area contributed by atoms with Crippen LogP contribution in [0.2, 0.25) is 0 Å². The molecule has 0 aliphatic carbocycles. The van der Waals surface area contributed by atoms with Gasteiger partial charge in [0.15, 0.2) is 0 Å². The monoisotopic (exact) mass is 992 g/mol. The summed E-state index contributed by atoms with van der Waals surface area (Å²) in [5.41, 5.74) is 4.51. The van der Waals surface area contributed by atoms with Crippen molar-refractivity contribution < 1.29 is 8.78 Å².